The van der Waals surface area contributed by atoms with Gasteiger partial charge in [-0.05, 0) is 68.6 Å². The van der Waals surface area contributed by atoms with Crippen molar-refractivity contribution in [2.24, 2.45) is 29.1 Å². The third-order valence-electron chi connectivity index (χ3n) is 6.17. The molecule has 4 saturated carbocycles. The summed E-state index contributed by atoms with van der Waals surface area (Å²) < 4.78 is 0. The Kier molecular flexibility index (Phi) is 4.45. The SMILES string of the molecule is CCC(CCBr)CNC(=O)C12CC3CC(CC(C3)C1)C2. The second-order valence-corrected chi connectivity index (χ2v) is 8.45. The van der Waals surface area contributed by atoms with Crippen LogP contribution in [0.25, 0.3) is 0 Å². The lowest BCUT2D eigenvalue weighted by molar-refractivity contribution is -0.146. The lowest BCUT2D eigenvalue weighted by Gasteiger charge is -2.55. The third kappa shape index (κ3) is 2.80. The maximum Gasteiger partial charge on any atom is 0.226 e. The molecule has 0 aromatic rings. The van der Waals surface area contributed by atoms with Gasteiger partial charge in [-0.2, -0.15) is 0 Å². The maximum atomic E-state index is 12.8. The number of carbonyl (C=O) groups excluding carboxylic acids is 1. The van der Waals surface area contributed by atoms with Gasteiger partial charge in [-0.1, -0.05) is 29.3 Å². The zero-order chi connectivity index (χ0) is 14.2. The number of alkyl halides is 1. The fourth-order valence-electron chi connectivity index (χ4n) is 5.42. The molecule has 1 unspecified atom stereocenters. The molecule has 0 heterocycles. The van der Waals surface area contributed by atoms with E-state index in [-0.39, 0.29) is 5.41 Å². The Morgan fingerprint density at radius 2 is 1.75 bits per heavy atom. The van der Waals surface area contributed by atoms with Crippen molar-refractivity contribution < 1.29 is 4.79 Å². The molecule has 2 nitrogen and oxygen atoms in total. The van der Waals surface area contributed by atoms with Crippen molar-refractivity contribution in [1.29, 1.82) is 0 Å². The average molecular weight is 342 g/mol. The Labute approximate surface area is 131 Å². The van der Waals surface area contributed by atoms with Crippen LogP contribution in [0.5, 0.6) is 0 Å². The van der Waals surface area contributed by atoms with Gasteiger partial charge in [-0.25, -0.2) is 0 Å². The number of nitrogens with one attached hydrogen (secondary N) is 1. The highest BCUT2D eigenvalue weighted by Gasteiger charge is 2.54. The van der Waals surface area contributed by atoms with Gasteiger partial charge in [0.2, 0.25) is 5.91 Å². The summed E-state index contributed by atoms with van der Waals surface area (Å²) in [5, 5.41) is 4.36. The Morgan fingerprint density at radius 3 is 2.20 bits per heavy atom. The van der Waals surface area contributed by atoms with Crippen molar-refractivity contribution in [1.82, 2.24) is 5.32 Å². The van der Waals surface area contributed by atoms with Crippen LogP contribution in [0.2, 0.25) is 0 Å². The summed E-state index contributed by atoms with van der Waals surface area (Å²) in [5.74, 6) is 3.60. The quantitative estimate of drug-likeness (QED) is 0.723. The van der Waals surface area contributed by atoms with E-state index in [1.807, 2.05) is 0 Å². The highest BCUT2D eigenvalue weighted by atomic mass is 79.9. The van der Waals surface area contributed by atoms with Crippen LogP contribution in [0, 0.1) is 29.1 Å². The number of halogens is 1. The van der Waals surface area contributed by atoms with Gasteiger partial charge >= 0.3 is 0 Å². The fraction of sp³-hybridized carbons (Fsp3) is 0.941. The highest BCUT2D eigenvalue weighted by molar-refractivity contribution is 9.09. The number of rotatable bonds is 6. The highest BCUT2D eigenvalue weighted by Crippen LogP contribution is 2.60. The van der Waals surface area contributed by atoms with E-state index in [2.05, 4.69) is 28.2 Å². The van der Waals surface area contributed by atoms with Crippen molar-refractivity contribution in [3.63, 3.8) is 0 Å². The molecular formula is C17H28BrNO. The van der Waals surface area contributed by atoms with Crippen LogP contribution in [0.1, 0.15) is 58.3 Å². The first-order valence-corrected chi connectivity index (χ1v) is 9.61. The van der Waals surface area contributed by atoms with Crippen LogP contribution in [0.4, 0.5) is 0 Å². The lowest BCUT2D eigenvalue weighted by Crippen LogP contribution is -2.54. The first-order valence-electron chi connectivity index (χ1n) is 8.49. The molecule has 0 aromatic carbocycles. The second kappa shape index (κ2) is 5.98. The van der Waals surface area contributed by atoms with E-state index in [1.165, 1.54) is 38.5 Å². The monoisotopic (exact) mass is 341 g/mol. The third-order valence-corrected chi connectivity index (χ3v) is 6.62. The van der Waals surface area contributed by atoms with Gasteiger partial charge in [0.1, 0.15) is 0 Å². The maximum absolute atomic E-state index is 12.8. The largest absolute Gasteiger partial charge is 0.355 e. The predicted molar refractivity (Wildman–Crippen MR) is 85.8 cm³/mol. The van der Waals surface area contributed by atoms with Crippen molar-refractivity contribution in [3.05, 3.63) is 0 Å². The molecule has 4 rings (SSSR count). The van der Waals surface area contributed by atoms with Gasteiger partial charge < -0.3 is 5.32 Å². The molecule has 0 radical (unpaired) electrons. The molecule has 0 saturated heterocycles. The molecule has 20 heavy (non-hydrogen) atoms. The van der Waals surface area contributed by atoms with Gasteiger partial charge in [0, 0.05) is 17.3 Å². The molecule has 4 bridgehead atoms. The van der Waals surface area contributed by atoms with E-state index in [4.69, 9.17) is 0 Å². The first-order chi connectivity index (χ1) is 9.65. The van der Waals surface area contributed by atoms with Crippen molar-refractivity contribution in [2.75, 3.05) is 11.9 Å². The summed E-state index contributed by atoms with van der Waals surface area (Å²) in [7, 11) is 0. The first kappa shape index (κ1) is 14.9. The molecule has 4 aliphatic carbocycles. The van der Waals surface area contributed by atoms with E-state index in [0.29, 0.717) is 11.8 Å². The summed E-state index contributed by atoms with van der Waals surface area (Å²) in [6.45, 7) is 3.10. The molecule has 0 aliphatic heterocycles. The molecule has 1 N–H and O–H groups in total. The number of hydrogen-bond acceptors (Lipinski definition) is 1. The van der Waals surface area contributed by atoms with Crippen LogP contribution in [-0.2, 0) is 4.79 Å². The minimum Gasteiger partial charge on any atom is -0.355 e. The molecule has 114 valence electrons. The molecule has 0 spiro atoms. The zero-order valence-electron chi connectivity index (χ0n) is 12.7. The zero-order valence-corrected chi connectivity index (χ0v) is 14.3. The minimum atomic E-state index is 0.0292. The van der Waals surface area contributed by atoms with Crippen molar-refractivity contribution >= 4 is 21.8 Å². The van der Waals surface area contributed by atoms with Crippen LogP contribution in [0.3, 0.4) is 0 Å². The van der Waals surface area contributed by atoms with Gasteiger partial charge in [-0.15, -0.1) is 0 Å². The number of hydrogen-bond donors (Lipinski definition) is 1. The molecule has 4 fully saturated rings. The summed E-state index contributed by atoms with van der Waals surface area (Å²) in [6, 6.07) is 0. The Hall–Kier alpha value is -0.0500. The molecule has 0 aromatic heterocycles. The standard InChI is InChI=1S/C17H28BrNO/c1-2-12(3-4-18)11-19-16(20)17-8-13-5-14(9-17)7-15(6-13)10-17/h12-15H,2-11H2,1H3,(H,19,20). The number of amides is 1. The minimum absolute atomic E-state index is 0.0292. The topological polar surface area (TPSA) is 29.1 Å². The van der Waals surface area contributed by atoms with Crippen LogP contribution in [-0.4, -0.2) is 17.8 Å². The Bertz CT molecular complexity index is 333. The van der Waals surface area contributed by atoms with E-state index >= 15 is 0 Å². The number of carbonyl (C=O) groups is 1. The summed E-state index contributed by atoms with van der Waals surface area (Å²) in [6.07, 6.45) is 10.1. The van der Waals surface area contributed by atoms with Crippen LogP contribution < -0.4 is 5.32 Å². The van der Waals surface area contributed by atoms with Gasteiger partial charge in [0.05, 0.1) is 0 Å². The average Bonchev–Trinajstić information content (AvgIpc) is 2.41. The molecule has 3 heteroatoms. The second-order valence-electron chi connectivity index (χ2n) is 7.66. The summed E-state index contributed by atoms with van der Waals surface area (Å²) >= 11 is 3.52. The van der Waals surface area contributed by atoms with Crippen molar-refractivity contribution in [2.45, 2.75) is 58.3 Å². The summed E-state index contributed by atoms with van der Waals surface area (Å²) in [4.78, 5) is 12.8. The van der Waals surface area contributed by atoms with Gasteiger partial charge in [0.25, 0.3) is 0 Å². The van der Waals surface area contributed by atoms with Crippen molar-refractivity contribution in [3.8, 4) is 0 Å². The van der Waals surface area contributed by atoms with E-state index in [1.54, 1.807) is 0 Å². The molecule has 4 aliphatic rings. The summed E-state index contributed by atoms with van der Waals surface area (Å²) in [5.41, 5.74) is 0.0292. The lowest BCUT2D eigenvalue weighted by atomic mass is 9.49. The Balaban J connectivity index is 1.59. The smallest absolute Gasteiger partial charge is 0.226 e. The van der Waals surface area contributed by atoms with Gasteiger partial charge in [-0.3, -0.25) is 4.79 Å². The normalized spacial score (nSPS) is 39.8. The van der Waals surface area contributed by atoms with Crippen LogP contribution >= 0.6 is 15.9 Å². The van der Waals surface area contributed by atoms with E-state index < -0.39 is 0 Å². The van der Waals surface area contributed by atoms with Gasteiger partial charge in [0.15, 0.2) is 0 Å². The molecule has 1 atom stereocenters. The van der Waals surface area contributed by atoms with Crippen LogP contribution in [0.15, 0.2) is 0 Å². The van der Waals surface area contributed by atoms with E-state index in [9.17, 15) is 4.79 Å². The molecular weight excluding hydrogens is 314 g/mol. The Morgan fingerprint density at radius 1 is 1.20 bits per heavy atom. The van der Waals surface area contributed by atoms with E-state index in [0.717, 1.165) is 42.5 Å². The fourth-order valence-corrected chi connectivity index (χ4v) is 6.07. The molecule has 1 amide bonds. The predicted octanol–water partition coefficient (Wildman–Crippen LogP) is 4.13.